The van der Waals surface area contributed by atoms with Gasteiger partial charge in [0.2, 0.25) is 0 Å². The molecular weight excluding hydrogens is 769 g/mol. The molecule has 0 atom stereocenters. The third kappa shape index (κ3) is 7.12. The normalized spacial score (nSPS) is 13.2. The molecule has 0 amide bonds. The summed E-state index contributed by atoms with van der Waals surface area (Å²) in [6.45, 7) is 16.7. The third-order valence-electron chi connectivity index (χ3n) is 13.3. The molecule has 1 aliphatic heterocycles. The molecule has 2 aromatic heterocycles. The van der Waals surface area contributed by atoms with E-state index in [-0.39, 0.29) is 16.2 Å². The summed E-state index contributed by atoms with van der Waals surface area (Å²) >= 11 is 0. The molecule has 0 unspecified atom stereocenters. The van der Waals surface area contributed by atoms with E-state index in [1.54, 1.807) is 0 Å². The zero-order valence-electron chi connectivity index (χ0n) is 37.3. The van der Waals surface area contributed by atoms with Crippen molar-refractivity contribution >= 4 is 44.6 Å². The largest absolute Gasteiger partial charge is 0.457 e. The summed E-state index contributed by atoms with van der Waals surface area (Å²) in [6, 6.07) is 65.3. The van der Waals surface area contributed by atoms with E-state index in [9.17, 15) is 0 Å². The van der Waals surface area contributed by atoms with Crippen LogP contribution in [0.2, 0.25) is 0 Å². The second-order valence-corrected chi connectivity index (χ2v) is 19.0. The fourth-order valence-corrected chi connectivity index (χ4v) is 9.49. The summed E-state index contributed by atoms with van der Waals surface area (Å²) in [5.41, 5.74) is 12.7. The number of aromatic nitrogens is 2. The van der Waals surface area contributed by atoms with E-state index in [0.29, 0.717) is 6.67 Å². The summed E-state index contributed by atoms with van der Waals surface area (Å²) in [7, 11) is 0. The number of hydrogen-bond acceptors (Lipinski definition) is 4. The number of ether oxygens (including phenoxy) is 1. The number of anilines is 4. The first-order chi connectivity index (χ1) is 30.4. The molecule has 10 rings (SSSR count). The van der Waals surface area contributed by atoms with Crippen LogP contribution >= 0.6 is 0 Å². The van der Waals surface area contributed by atoms with Crippen LogP contribution in [0.5, 0.6) is 11.5 Å². The molecule has 7 aromatic carbocycles. The molecule has 1 aliphatic rings. The molecular formula is C58H54N4O. The zero-order valence-corrected chi connectivity index (χ0v) is 37.3. The SMILES string of the molecule is CC(C)(C)c1ccnc(-n2c3cc(Oc4cccc(N5CN(c6cccc(C(C)(C)c7ccccc7)c6)c6ccccc65)c4)ccc3c3c(C(C)(C)c4ccccc4)cccc32)c1. The molecule has 0 aliphatic carbocycles. The quantitative estimate of drug-likeness (QED) is 0.145. The number of hydrogen-bond donors (Lipinski definition) is 0. The Hall–Kier alpha value is -7.11. The predicted octanol–water partition coefficient (Wildman–Crippen LogP) is 15.2. The highest BCUT2D eigenvalue weighted by Crippen LogP contribution is 2.47. The van der Waals surface area contributed by atoms with Gasteiger partial charge in [-0.05, 0) is 100.0 Å². The summed E-state index contributed by atoms with van der Waals surface area (Å²) < 4.78 is 9.16. The molecule has 5 nitrogen and oxygen atoms in total. The predicted molar refractivity (Wildman–Crippen MR) is 263 cm³/mol. The molecule has 0 N–H and O–H groups in total. The Labute approximate surface area is 371 Å². The first-order valence-electron chi connectivity index (χ1n) is 22.1. The van der Waals surface area contributed by atoms with Gasteiger partial charge in [-0.25, -0.2) is 4.98 Å². The molecule has 0 radical (unpaired) electrons. The Morgan fingerprint density at radius 3 is 1.73 bits per heavy atom. The number of nitrogens with zero attached hydrogens (tertiary/aromatic N) is 4. The van der Waals surface area contributed by atoms with E-state index in [0.717, 1.165) is 39.7 Å². The van der Waals surface area contributed by atoms with Crippen molar-refractivity contribution in [1.29, 1.82) is 0 Å². The number of benzene rings is 7. The Balaban J connectivity index is 1.02. The van der Waals surface area contributed by atoms with Gasteiger partial charge in [0.15, 0.2) is 0 Å². The van der Waals surface area contributed by atoms with E-state index in [1.807, 2.05) is 12.3 Å². The first-order valence-corrected chi connectivity index (χ1v) is 22.1. The summed E-state index contributed by atoms with van der Waals surface area (Å²) in [5.74, 6) is 2.43. The van der Waals surface area contributed by atoms with Crippen LogP contribution in [0, 0.1) is 0 Å². The first kappa shape index (κ1) is 40.0. The van der Waals surface area contributed by atoms with Gasteiger partial charge in [0.25, 0.3) is 0 Å². The van der Waals surface area contributed by atoms with Gasteiger partial charge >= 0.3 is 0 Å². The minimum absolute atomic E-state index is 0.0353. The van der Waals surface area contributed by atoms with Crippen molar-refractivity contribution in [2.45, 2.75) is 64.7 Å². The molecule has 5 heteroatoms. The maximum Gasteiger partial charge on any atom is 0.137 e. The maximum atomic E-state index is 6.84. The standard InChI is InChI=1S/C58H54N4O/c1-56(2,3)42-33-34-59-54(36-42)62-52-30-18-27-49(58(6,7)41-21-12-9-13-22-41)55(52)48-32-31-47(38-53(48)62)63-46-26-17-25-45(37-46)61-39-60(50-28-14-15-29-51(50)61)44-24-16-23-43(35-44)57(4,5)40-19-10-8-11-20-40/h8-38H,39H2,1-7H3. The Morgan fingerprint density at radius 1 is 0.460 bits per heavy atom. The Morgan fingerprint density at radius 2 is 1.05 bits per heavy atom. The lowest BCUT2D eigenvalue weighted by atomic mass is 9.76. The van der Waals surface area contributed by atoms with Crippen molar-refractivity contribution in [2.24, 2.45) is 0 Å². The lowest BCUT2D eigenvalue weighted by molar-refractivity contribution is 0.483. The second-order valence-electron chi connectivity index (χ2n) is 19.0. The zero-order chi connectivity index (χ0) is 43.5. The molecule has 0 saturated carbocycles. The van der Waals surface area contributed by atoms with Crippen molar-refractivity contribution in [3.8, 4) is 17.3 Å². The summed E-state index contributed by atoms with van der Waals surface area (Å²) in [4.78, 5) is 9.79. The van der Waals surface area contributed by atoms with E-state index in [1.165, 1.54) is 50.0 Å². The van der Waals surface area contributed by atoms with Gasteiger partial charge in [-0.3, -0.25) is 4.57 Å². The van der Waals surface area contributed by atoms with E-state index >= 15 is 0 Å². The third-order valence-corrected chi connectivity index (χ3v) is 13.3. The number of fused-ring (bicyclic) bond motifs is 4. The van der Waals surface area contributed by atoms with Crippen molar-refractivity contribution in [2.75, 3.05) is 16.5 Å². The highest BCUT2D eigenvalue weighted by Gasteiger charge is 2.31. The molecule has 3 heterocycles. The number of pyridine rings is 1. The maximum absolute atomic E-state index is 6.84. The monoisotopic (exact) mass is 822 g/mol. The molecule has 312 valence electrons. The van der Waals surface area contributed by atoms with Gasteiger partial charge in [-0.15, -0.1) is 0 Å². The second kappa shape index (κ2) is 15.4. The topological polar surface area (TPSA) is 33.5 Å². The molecule has 0 spiro atoms. The van der Waals surface area contributed by atoms with Gasteiger partial charge in [-0.2, -0.15) is 0 Å². The van der Waals surface area contributed by atoms with Crippen LogP contribution in [0.3, 0.4) is 0 Å². The minimum Gasteiger partial charge on any atom is -0.457 e. The molecule has 63 heavy (non-hydrogen) atoms. The van der Waals surface area contributed by atoms with Gasteiger partial charge < -0.3 is 14.5 Å². The fraction of sp³-hybridized carbons (Fsp3) is 0.190. The van der Waals surface area contributed by atoms with Crippen LogP contribution in [0.4, 0.5) is 22.7 Å². The minimum atomic E-state index is -0.249. The van der Waals surface area contributed by atoms with E-state index in [2.05, 4.69) is 239 Å². The molecule has 0 bridgehead atoms. The van der Waals surface area contributed by atoms with Crippen molar-refractivity contribution in [1.82, 2.24) is 9.55 Å². The van der Waals surface area contributed by atoms with Gasteiger partial charge in [-0.1, -0.05) is 152 Å². The van der Waals surface area contributed by atoms with Crippen LogP contribution < -0.4 is 14.5 Å². The van der Waals surface area contributed by atoms with E-state index in [4.69, 9.17) is 9.72 Å². The van der Waals surface area contributed by atoms with Crippen LogP contribution in [-0.2, 0) is 16.2 Å². The lowest BCUT2D eigenvalue weighted by Gasteiger charge is -2.28. The highest BCUT2D eigenvalue weighted by atomic mass is 16.5. The summed E-state index contributed by atoms with van der Waals surface area (Å²) in [5, 5.41) is 2.39. The van der Waals surface area contributed by atoms with Crippen molar-refractivity contribution in [3.05, 3.63) is 216 Å². The van der Waals surface area contributed by atoms with Crippen LogP contribution in [-0.4, -0.2) is 16.2 Å². The highest BCUT2D eigenvalue weighted by molar-refractivity contribution is 6.11. The van der Waals surface area contributed by atoms with Crippen LogP contribution in [0.1, 0.15) is 76.3 Å². The van der Waals surface area contributed by atoms with Crippen molar-refractivity contribution < 1.29 is 4.74 Å². The average Bonchev–Trinajstić information content (AvgIpc) is 3.86. The van der Waals surface area contributed by atoms with Crippen LogP contribution in [0.25, 0.3) is 27.6 Å². The Bertz CT molecular complexity index is 3120. The van der Waals surface area contributed by atoms with Gasteiger partial charge in [0.05, 0.1) is 22.4 Å². The summed E-state index contributed by atoms with van der Waals surface area (Å²) in [6.07, 6.45) is 1.94. The Kier molecular flexibility index (Phi) is 9.75. The average molecular weight is 823 g/mol. The number of rotatable bonds is 9. The van der Waals surface area contributed by atoms with Gasteiger partial charge in [0.1, 0.15) is 24.0 Å². The van der Waals surface area contributed by atoms with Gasteiger partial charge in [0, 0.05) is 51.3 Å². The number of para-hydroxylation sites is 2. The lowest BCUT2D eigenvalue weighted by Crippen LogP contribution is -2.25. The van der Waals surface area contributed by atoms with Crippen LogP contribution in [0.15, 0.2) is 188 Å². The van der Waals surface area contributed by atoms with E-state index < -0.39 is 0 Å². The molecule has 0 fully saturated rings. The smallest absolute Gasteiger partial charge is 0.137 e. The molecule has 0 saturated heterocycles. The van der Waals surface area contributed by atoms with Crippen molar-refractivity contribution in [3.63, 3.8) is 0 Å². The molecule has 9 aromatic rings. The fourth-order valence-electron chi connectivity index (χ4n) is 9.49.